The van der Waals surface area contributed by atoms with Gasteiger partial charge in [0, 0.05) is 19.3 Å². The molecule has 1 aliphatic rings. The molecule has 1 aliphatic carbocycles. The largest absolute Gasteiger partial charge is 0.480 e. The van der Waals surface area contributed by atoms with E-state index in [0.29, 0.717) is 0 Å². The van der Waals surface area contributed by atoms with Gasteiger partial charge in [0.25, 0.3) is 5.92 Å². The van der Waals surface area contributed by atoms with Crippen molar-refractivity contribution >= 4 is 11.9 Å². The van der Waals surface area contributed by atoms with Crippen LogP contribution in [0.15, 0.2) is 0 Å². The molecule has 4 nitrogen and oxygen atoms in total. The highest BCUT2D eigenvalue weighted by atomic mass is 19.3. The first-order chi connectivity index (χ1) is 6.33. The lowest BCUT2D eigenvalue weighted by Crippen LogP contribution is -2.40. The molecule has 1 saturated carbocycles. The Morgan fingerprint density at radius 1 is 1.64 bits per heavy atom. The number of halogens is 2. The normalized spacial score (nSPS) is 25.2. The van der Waals surface area contributed by atoms with Crippen molar-refractivity contribution in [3.8, 4) is 0 Å². The van der Waals surface area contributed by atoms with Crippen LogP contribution < -0.4 is 5.32 Å². The van der Waals surface area contributed by atoms with Gasteiger partial charge in [-0.3, -0.25) is 4.79 Å². The Morgan fingerprint density at radius 3 is 2.43 bits per heavy atom. The van der Waals surface area contributed by atoms with Gasteiger partial charge in [0.1, 0.15) is 6.04 Å². The van der Waals surface area contributed by atoms with E-state index < -0.39 is 29.8 Å². The molecule has 1 amide bonds. The third-order valence-corrected chi connectivity index (χ3v) is 2.15. The molecule has 1 rings (SSSR count). The number of carboxylic acids is 1. The van der Waals surface area contributed by atoms with Crippen LogP contribution >= 0.6 is 0 Å². The Kier molecular flexibility index (Phi) is 2.73. The minimum absolute atomic E-state index is 0.206. The Labute approximate surface area is 79.3 Å². The second-order valence-corrected chi connectivity index (χ2v) is 3.49. The van der Waals surface area contributed by atoms with Gasteiger partial charge in [-0.15, -0.1) is 0 Å². The SMILES string of the molecule is CC(=O)NC(CC1CC1(F)F)C(=O)O. The van der Waals surface area contributed by atoms with Crippen molar-refractivity contribution in [1.82, 2.24) is 5.32 Å². The number of rotatable bonds is 4. The van der Waals surface area contributed by atoms with Crippen LogP contribution in [0.25, 0.3) is 0 Å². The summed E-state index contributed by atoms with van der Waals surface area (Å²) in [5, 5.41) is 10.7. The predicted octanol–water partition coefficient (Wildman–Crippen LogP) is 0.621. The van der Waals surface area contributed by atoms with E-state index in [0.717, 1.165) is 6.92 Å². The lowest BCUT2D eigenvalue weighted by molar-refractivity contribution is -0.142. The lowest BCUT2D eigenvalue weighted by Gasteiger charge is -2.12. The highest BCUT2D eigenvalue weighted by Crippen LogP contribution is 2.51. The van der Waals surface area contributed by atoms with Crippen LogP contribution in [0.4, 0.5) is 8.78 Å². The van der Waals surface area contributed by atoms with E-state index in [2.05, 4.69) is 5.32 Å². The summed E-state index contributed by atoms with van der Waals surface area (Å²) in [7, 11) is 0. The number of hydrogen-bond acceptors (Lipinski definition) is 2. The molecule has 1 fully saturated rings. The summed E-state index contributed by atoms with van der Waals surface area (Å²) in [6.45, 7) is 1.15. The molecule has 80 valence electrons. The second kappa shape index (κ2) is 3.51. The van der Waals surface area contributed by atoms with Crippen LogP contribution in [0.5, 0.6) is 0 Å². The van der Waals surface area contributed by atoms with Gasteiger partial charge in [0.05, 0.1) is 0 Å². The number of carbonyl (C=O) groups excluding carboxylic acids is 1. The Morgan fingerprint density at radius 2 is 2.14 bits per heavy atom. The second-order valence-electron chi connectivity index (χ2n) is 3.49. The molecule has 0 aromatic heterocycles. The van der Waals surface area contributed by atoms with E-state index in [1.54, 1.807) is 0 Å². The van der Waals surface area contributed by atoms with Crippen LogP contribution in [-0.2, 0) is 9.59 Å². The van der Waals surface area contributed by atoms with Crippen LogP contribution in [0.1, 0.15) is 19.8 Å². The van der Waals surface area contributed by atoms with Crippen molar-refractivity contribution in [1.29, 1.82) is 0 Å². The summed E-state index contributed by atoms with van der Waals surface area (Å²) in [5.41, 5.74) is 0. The van der Waals surface area contributed by atoms with Crippen molar-refractivity contribution in [2.75, 3.05) is 0 Å². The summed E-state index contributed by atoms with van der Waals surface area (Å²) in [5.74, 6) is -5.45. The Bertz CT molecular complexity index is 267. The average molecular weight is 207 g/mol. The standard InChI is InChI=1S/C8H11F2NO3/c1-4(12)11-6(7(13)14)2-5-3-8(5,9)10/h5-6H,2-3H2,1H3,(H,11,12)(H,13,14). The third-order valence-electron chi connectivity index (χ3n) is 2.15. The number of carboxylic acid groups (broad SMARTS) is 1. The summed E-state index contributed by atoms with van der Waals surface area (Å²) in [6.07, 6.45) is -0.488. The van der Waals surface area contributed by atoms with E-state index in [1.165, 1.54) is 0 Å². The molecule has 2 unspecified atom stereocenters. The Balaban J connectivity index is 2.45. The van der Waals surface area contributed by atoms with Crippen LogP contribution in [0.2, 0.25) is 0 Å². The topological polar surface area (TPSA) is 66.4 Å². The Hall–Kier alpha value is -1.20. The van der Waals surface area contributed by atoms with Gasteiger partial charge in [-0.2, -0.15) is 0 Å². The third kappa shape index (κ3) is 2.65. The highest BCUT2D eigenvalue weighted by Gasteiger charge is 2.57. The smallest absolute Gasteiger partial charge is 0.326 e. The summed E-state index contributed by atoms with van der Waals surface area (Å²) in [4.78, 5) is 21.1. The number of carbonyl (C=O) groups is 2. The molecule has 0 radical (unpaired) electrons. The van der Waals surface area contributed by atoms with Crippen molar-refractivity contribution in [2.45, 2.75) is 31.7 Å². The molecule has 0 spiro atoms. The van der Waals surface area contributed by atoms with E-state index >= 15 is 0 Å². The summed E-state index contributed by atoms with van der Waals surface area (Å²) >= 11 is 0. The number of alkyl halides is 2. The van der Waals surface area contributed by atoms with Gasteiger partial charge in [-0.05, 0) is 6.42 Å². The molecule has 0 heterocycles. The monoisotopic (exact) mass is 207 g/mol. The predicted molar refractivity (Wildman–Crippen MR) is 42.9 cm³/mol. The maximum Gasteiger partial charge on any atom is 0.326 e. The number of aliphatic carboxylic acids is 1. The van der Waals surface area contributed by atoms with Gasteiger partial charge < -0.3 is 10.4 Å². The molecule has 0 aliphatic heterocycles. The van der Waals surface area contributed by atoms with E-state index in [1.807, 2.05) is 0 Å². The average Bonchev–Trinajstić information content (AvgIpc) is 2.56. The molecular formula is C8H11F2NO3. The first kappa shape index (κ1) is 10.9. The molecule has 0 aromatic rings. The summed E-state index contributed by atoms with van der Waals surface area (Å²) < 4.78 is 24.9. The quantitative estimate of drug-likeness (QED) is 0.710. The van der Waals surface area contributed by atoms with Gasteiger partial charge in [0.2, 0.25) is 5.91 Å². The molecular weight excluding hydrogens is 196 g/mol. The first-order valence-corrected chi connectivity index (χ1v) is 4.20. The zero-order valence-electron chi connectivity index (χ0n) is 7.59. The van der Waals surface area contributed by atoms with E-state index in [-0.39, 0.29) is 12.8 Å². The molecule has 2 atom stereocenters. The van der Waals surface area contributed by atoms with Gasteiger partial charge >= 0.3 is 5.97 Å². The first-order valence-electron chi connectivity index (χ1n) is 4.20. The van der Waals surface area contributed by atoms with Crippen LogP contribution in [-0.4, -0.2) is 28.9 Å². The number of hydrogen-bond donors (Lipinski definition) is 2. The fourth-order valence-corrected chi connectivity index (χ4v) is 1.28. The molecule has 0 saturated heterocycles. The van der Waals surface area contributed by atoms with Crippen molar-refractivity contribution in [3.63, 3.8) is 0 Å². The zero-order chi connectivity index (χ0) is 10.9. The van der Waals surface area contributed by atoms with Crippen LogP contribution in [0.3, 0.4) is 0 Å². The minimum Gasteiger partial charge on any atom is -0.480 e. The zero-order valence-corrected chi connectivity index (χ0v) is 7.59. The number of nitrogens with one attached hydrogen (secondary N) is 1. The van der Waals surface area contributed by atoms with Gasteiger partial charge in [0.15, 0.2) is 0 Å². The van der Waals surface area contributed by atoms with Gasteiger partial charge in [-0.25, -0.2) is 13.6 Å². The maximum atomic E-state index is 12.5. The molecule has 2 N–H and O–H groups in total. The van der Waals surface area contributed by atoms with E-state index in [4.69, 9.17) is 5.11 Å². The van der Waals surface area contributed by atoms with Gasteiger partial charge in [-0.1, -0.05) is 0 Å². The number of amides is 1. The maximum absolute atomic E-state index is 12.5. The fourth-order valence-electron chi connectivity index (χ4n) is 1.28. The van der Waals surface area contributed by atoms with Crippen molar-refractivity contribution in [3.05, 3.63) is 0 Å². The molecule has 14 heavy (non-hydrogen) atoms. The van der Waals surface area contributed by atoms with Crippen molar-refractivity contribution < 1.29 is 23.5 Å². The molecule has 6 heteroatoms. The van der Waals surface area contributed by atoms with Crippen LogP contribution in [0, 0.1) is 5.92 Å². The van der Waals surface area contributed by atoms with Crippen molar-refractivity contribution in [2.24, 2.45) is 5.92 Å². The molecule has 0 bridgehead atoms. The minimum atomic E-state index is -2.74. The fraction of sp³-hybridized carbons (Fsp3) is 0.750. The van der Waals surface area contributed by atoms with E-state index in [9.17, 15) is 18.4 Å². The summed E-state index contributed by atoms with van der Waals surface area (Å²) in [6, 6.07) is -1.20. The highest BCUT2D eigenvalue weighted by molar-refractivity contribution is 5.82. The molecule has 0 aromatic carbocycles. The lowest BCUT2D eigenvalue weighted by atomic mass is 10.1.